The van der Waals surface area contributed by atoms with E-state index < -0.39 is 36.0 Å². The number of benzene rings is 9. The fourth-order valence-corrected chi connectivity index (χ4v) is 18.8. The van der Waals surface area contributed by atoms with Gasteiger partial charge < -0.3 is 44.3 Å². The summed E-state index contributed by atoms with van der Waals surface area (Å²) >= 11 is 25.5. The van der Waals surface area contributed by atoms with Gasteiger partial charge >= 0.3 is 0 Å². The van der Waals surface area contributed by atoms with Gasteiger partial charge in [0.25, 0.3) is 0 Å². The molecule has 8 N–H and O–H groups in total. The first kappa shape index (κ1) is 89.4. The average Bonchev–Trinajstić information content (AvgIpc) is 1.67. The lowest BCUT2D eigenvalue weighted by Crippen LogP contribution is -2.25. The number of allylic oxidation sites excluding steroid dienone is 1. The van der Waals surface area contributed by atoms with Gasteiger partial charge in [-0.25, -0.2) is 40.7 Å². The van der Waals surface area contributed by atoms with Gasteiger partial charge in [0.1, 0.15) is 47.1 Å². The zero-order valence-electron chi connectivity index (χ0n) is 67.3. The minimum absolute atomic E-state index is 0.00320. The van der Waals surface area contributed by atoms with Gasteiger partial charge in [-0.2, -0.15) is 5.26 Å². The molecule has 5 amide bonds. The van der Waals surface area contributed by atoms with Gasteiger partial charge in [-0.05, 0) is 255 Å². The number of nitrogens with zero attached hydrogens (tertiary/aromatic N) is 5. The third kappa shape index (κ3) is 21.6. The van der Waals surface area contributed by atoms with E-state index in [-0.39, 0.29) is 80.3 Å². The Bertz CT molecular complexity index is 5900. The van der Waals surface area contributed by atoms with Crippen LogP contribution in [0.5, 0.6) is 28.7 Å². The molecule has 5 unspecified atom stereocenters. The number of hydrogen-bond acceptors (Lipinski definition) is 16. The standard InChI is InChI=1S/C24H18ClN3O3.C23H27ClN2O4S.C22H25ClN2O4S.C22H23ClN2O4S/c25-21-8-7-16(11-22(21)31-20-6-1-3-15(9-20)13-26)18-12-23(29)28(14-18)19-5-2-4-17(10-19)24(27)30;1-14-3-4-15(2)23(14)30-21-11-16(5-10-20(21)24)17-12-22(27)26(13-17)18-6-8-19(9-7-18)31(25,28)29;2*1-14-3-2-4-20(14)29-21-11-15(5-10-19(21)23)16-12-22(26)25(13-16)17-6-8-18(9-7-17)30(24,27)28/h1-11,18H,12,14H2,(H2,27,30);5-11,14-15,17,23H,3-4,12-13H2,1-2H3,(H2,25,28,29);5-11,14,16,20H,2-4,12-13H2,1H3,(H2,24,27,28);3,5-11,16,20H,2,4,12-13H2,1H3,(H2,24,27,28)/t18-;14?,15?,17-,23?;14?,16-,20?;16-,20?/m0000/s1. The summed E-state index contributed by atoms with van der Waals surface area (Å²) in [5.41, 5.74) is 13.9. The van der Waals surface area contributed by atoms with E-state index in [1.807, 2.05) is 66.7 Å². The number of sulfonamides is 3. The van der Waals surface area contributed by atoms with Gasteiger partial charge in [0.2, 0.25) is 59.6 Å². The minimum Gasteiger partial charge on any atom is -0.489 e. The number of rotatable bonds is 20. The summed E-state index contributed by atoms with van der Waals surface area (Å²) in [6, 6.07) is 56.4. The van der Waals surface area contributed by atoms with Crippen molar-refractivity contribution in [2.75, 3.05) is 45.8 Å². The Labute approximate surface area is 730 Å². The van der Waals surface area contributed by atoms with Crippen LogP contribution >= 0.6 is 46.4 Å². The summed E-state index contributed by atoms with van der Waals surface area (Å²) in [7, 11) is -11.3. The maximum atomic E-state index is 12.7. The van der Waals surface area contributed by atoms with E-state index in [0.29, 0.717) is 152 Å². The second-order valence-corrected chi connectivity index (χ2v) is 38.3. The first-order chi connectivity index (χ1) is 58.0. The van der Waals surface area contributed by atoms with Gasteiger partial charge in [0.15, 0.2) is 0 Å². The minimum atomic E-state index is -3.77. The van der Waals surface area contributed by atoms with Gasteiger partial charge in [-0.3, -0.25) is 24.0 Å². The molecule has 0 bridgehead atoms. The van der Waals surface area contributed by atoms with Crippen molar-refractivity contribution in [1.82, 2.24) is 0 Å². The Morgan fingerprint density at radius 3 is 1.20 bits per heavy atom. The lowest BCUT2D eigenvalue weighted by atomic mass is 9.98. The molecule has 7 aliphatic rings. The van der Waals surface area contributed by atoms with E-state index in [1.54, 1.807) is 111 Å². The fourth-order valence-electron chi connectivity index (χ4n) is 16.6. The van der Waals surface area contributed by atoms with E-state index >= 15 is 0 Å². The number of primary amides is 1. The Kier molecular flexibility index (Phi) is 28.0. The first-order valence-electron chi connectivity index (χ1n) is 40.0. The van der Waals surface area contributed by atoms with Crippen LogP contribution < -0.4 is 59.7 Å². The molecule has 24 nitrogen and oxygen atoms in total. The Balaban J connectivity index is 0.000000140. The van der Waals surface area contributed by atoms with Crippen molar-refractivity contribution >= 4 is 129 Å². The van der Waals surface area contributed by atoms with Gasteiger partial charge in [-0.15, -0.1) is 0 Å². The van der Waals surface area contributed by atoms with E-state index in [1.165, 1.54) is 48.4 Å². The summed E-state index contributed by atoms with van der Waals surface area (Å²) in [5, 5.41) is 26.7. The lowest BCUT2D eigenvalue weighted by molar-refractivity contribution is -0.118. The number of nitrogens with two attached hydrogens (primary N) is 4. The second-order valence-electron chi connectivity index (χ2n) is 32.0. The van der Waals surface area contributed by atoms with Crippen LogP contribution in [0.1, 0.15) is 160 Å². The zero-order chi connectivity index (χ0) is 87.2. The molecule has 3 aliphatic carbocycles. The molecule has 2 saturated carbocycles. The van der Waals surface area contributed by atoms with Crippen molar-refractivity contribution in [1.29, 1.82) is 5.26 Å². The summed E-state index contributed by atoms with van der Waals surface area (Å²) in [4.78, 5) is 68.8. The number of ether oxygens (including phenoxy) is 4. The monoisotopic (exact) mass is 1790 g/mol. The van der Waals surface area contributed by atoms with Crippen LogP contribution in [0.25, 0.3) is 0 Å². The third-order valence-electron chi connectivity index (χ3n) is 23.5. The second kappa shape index (κ2) is 38.2. The molecular formula is C91H93Cl4N9O15S3. The van der Waals surface area contributed by atoms with Crippen LogP contribution in [-0.4, -0.2) is 99.3 Å². The van der Waals surface area contributed by atoms with Crippen LogP contribution in [0.2, 0.25) is 20.1 Å². The molecule has 9 atom stereocenters. The Morgan fingerprint density at radius 1 is 0.434 bits per heavy atom. The molecule has 16 rings (SSSR count). The van der Waals surface area contributed by atoms with Gasteiger partial charge in [0, 0.05) is 104 Å². The van der Waals surface area contributed by atoms with E-state index in [2.05, 4.69) is 39.8 Å². The molecule has 6 fully saturated rings. The van der Waals surface area contributed by atoms with Gasteiger partial charge in [0.05, 0.1) is 46.4 Å². The molecular weight excluding hydrogens is 1700 g/mol. The number of halogens is 4. The highest BCUT2D eigenvalue weighted by molar-refractivity contribution is 7.89. The molecule has 0 spiro atoms. The molecule has 31 heteroatoms. The number of carbonyl (C=O) groups excluding carboxylic acids is 5. The van der Waals surface area contributed by atoms with E-state index in [9.17, 15) is 49.2 Å². The van der Waals surface area contributed by atoms with E-state index in [4.69, 9.17) is 91.8 Å². The van der Waals surface area contributed by atoms with Crippen LogP contribution in [-0.2, 0) is 49.2 Å². The van der Waals surface area contributed by atoms with Gasteiger partial charge in [-0.1, -0.05) is 110 Å². The van der Waals surface area contributed by atoms with Crippen molar-refractivity contribution in [3.05, 3.63) is 259 Å². The molecule has 0 radical (unpaired) electrons. The van der Waals surface area contributed by atoms with Crippen LogP contribution in [0.3, 0.4) is 0 Å². The topological polar surface area (TPSA) is 366 Å². The average molecular weight is 1790 g/mol. The summed E-state index contributed by atoms with van der Waals surface area (Å²) in [5.74, 6) is 3.76. The Morgan fingerprint density at radius 2 is 0.820 bits per heavy atom. The molecule has 4 aliphatic heterocycles. The molecule has 4 saturated heterocycles. The highest BCUT2D eigenvalue weighted by Crippen LogP contribution is 2.45. The number of primary sulfonamides is 3. The quantitative estimate of drug-likeness (QED) is 0.0515. The van der Waals surface area contributed by atoms with Crippen LogP contribution in [0.4, 0.5) is 22.7 Å². The van der Waals surface area contributed by atoms with Crippen LogP contribution in [0.15, 0.2) is 220 Å². The third-order valence-corrected chi connectivity index (χ3v) is 27.5. The number of hydrogen-bond donors (Lipinski definition) is 4. The number of anilines is 4. The smallest absolute Gasteiger partial charge is 0.248 e. The van der Waals surface area contributed by atoms with Crippen molar-refractivity contribution in [2.45, 2.75) is 155 Å². The molecule has 9 aromatic rings. The molecule has 638 valence electrons. The van der Waals surface area contributed by atoms with Crippen molar-refractivity contribution < 1.29 is 68.2 Å². The summed E-state index contributed by atoms with van der Waals surface area (Å²) in [6.07, 6.45) is 11.6. The summed E-state index contributed by atoms with van der Waals surface area (Å²) < 4.78 is 93.3. The zero-order valence-corrected chi connectivity index (χ0v) is 72.8. The van der Waals surface area contributed by atoms with E-state index in [0.717, 1.165) is 60.8 Å². The van der Waals surface area contributed by atoms with Crippen molar-refractivity contribution in [3.63, 3.8) is 0 Å². The number of amides is 5. The molecule has 122 heavy (non-hydrogen) atoms. The van der Waals surface area contributed by atoms with Crippen molar-refractivity contribution in [2.24, 2.45) is 38.9 Å². The molecule has 4 heterocycles. The Hall–Kier alpha value is -10.4. The first-order valence-corrected chi connectivity index (χ1v) is 46.2. The molecule has 9 aromatic carbocycles. The highest BCUT2D eigenvalue weighted by Gasteiger charge is 2.39. The normalized spacial score (nSPS) is 22.0. The number of nitriles is 1. The molecule has 0 aromatic heterocycles. The predicted octanol–water partition coefficient (Wildman–Crippen LogP) is 17.0. The predicted molar refractivity (Wildman–Crippen MR) is 471 cm³/mol. The maximum Gasteiger partial charge on any atom is 0.248 e. The van der Waals surface area contributed by atoms with Crippen LogP contribution in [0, 0.1) is 29.1 Å². The SMILES string of the molecule is CC1=CCCC1Oc1cc([C@H]2CC(=O)N(c3ccc(S(N)(=O)=O)cc3)C2)ccc1Cl.CC1CCC(C)C1Oc1cc([C@H]2CC(=O)N(c3ccc(S(N)(=O)=O)cc3)C2)ccc1Cl.CC1CCCC1Oc1cc([C@H]2CC(=O)N(c3ccc(S(N)(=O)=O)cc3)C2)ccc1Cl.N#Cc1cccc(Oc2cc([C@H]3CC(=O)N(c4cccc(C(N)=O)c4)C3)ccc2Cl)c1. The number of carbonyl (C=O) groups is 5. The largest absolute Gasteiger partial charge is 0.489 e. The lowest BCUT2D eigenvalue weighted by Gasteiger charge is -2.23. The maximum absolute atomic E-state index is 12.7. The summed E-state index contributed by atoms with van der Waals surface area (Å²) in [6.45, 7) is 10.7. The fraction of sp³-hybridized carbons (Fsp3) is 0.319. The highest BCUT2D eigenvalue weighted by atomic mass is 35.5. The van der Waals surface area contributed by atoms with Crippen molar-refractivity contribution in [3.8, 4) is 34.8 Å².